The number of aromatic nitrogens is 1. The SMILES string of the molecule is Cc1cc(Cl)nc(C)c1Cl. The van der Waals surface area contributed by atoms with Crippen LogP contribution in [0.3, 0.4) is 0 Å². The van der Waals surface area contributed by atoms with E-state index in [0.29, 0.717) is 10.2 Å². The summed E-state index contributed by atoms with van der Waals surface area (Å²) < 4.78 is 0. The molecule has 0 unspecified atom stereocenters. The van der Waals surface area contributed by atoms with Crippen molar-refractivity contribution < 1.29 is 0 Å². The molecule has 0 fully saturated rings. The fourth-order valence-corrected chi connectivity index (χ4v) is 1.16. The minimum Gasteiger partial charge on any atom is -0.240 e. The maximum Gasteiger partial charge on any atom is 0.129 e. The first-order chi connectivity index (χ1) is 4.61. The van der Waals surface area contributed by atoms with Gasteiger partial charge in [-0.1, -0.05) is 23.2 Å². The van der Waals surface area contributed by atoms with Crippen LogP contribution in [0.25, 0.3) is 0 Å². The van der Waals surface area contributed by atoms with Crippen LogP contribution < -0.4 is 0 Å². The van der Waals surface area contributed by atoms with Gasteiger partial charge < -0.3 is 0 Å². The average molecular weight is 176 g/mol. The molecule has 3 heteroatoms. The van der Waals surface area contributed by atoms with Gasteiger partial charge in [-0.25, -0.2) is 4.98 Å². The van der Waals surface area contributed by atoms with Crippen LogP contribution in [0.5, 0.6) is 0 Å². The van der Waals surface area contributed by atoms with Crippen molar-refractivity contribution in [3.63, 3.8) is 0 Å². The molecule has 0 spiro atoms. The van der Waals surface area contributed by atoms with Crippen LogP contribution in [0.4, 0.5) is 0 Å². The predicted octanol–water partition coefficient (Wildman–Crippen LogP) is 3.01. The molecule has 1 aromatic rings. The van der Waals surface area contributed by atoms with E-state index in [9.17, 15) is 0 Å². The zero-order chi connectivity index (χ0) is 7.72. The molecule has 1 heterocycles. The molecule has 1 rings (SSSR count). The summed E-state index contributed by atoms with van der Waals surface area (Å²) in [7, 11) is 0. The summed E-state index contributed by atoms with van der Waals surface area (Å²) in [5, 5.41) is 1.20. The lowest BCUT2D eigenvalue weighted by Gasteiger charge is -2.00. The van der Waals surface area contributed by atoms with E-state index in [1.54, 1.807) is 6.07 Å². The first-order valence-corrected chi connectivity index (χ1v) is 3.66. The Kier molecular flexibility index (Phi) is 2.17. The molecule has 0 radical (unpaired) electrons. The molecule has 0 saturated carbocycles. The van der Waals surface area contributed by atoms with E-state index in [4.69, 9.17) is 23.2 Å². The van der Waals surface area contributed by atoms with Crippen molar-refractivity contribution in [3.05, 3.63) is 27.5 Å². The molecule has 0 aromatic carbocycles. The number of halogens is 2. The van der Waals surface area contributed by atoms with Crippen LogP contribution in [0, 0.1) is 13.8 Å². The Hall–Kier alpha value is -0.270. The summed E-state index contributed by atoms with van der Waals surface area (Å²) in [6.45, 7) is 3.74. The molecule has 0 atom stereocenters. The standard InChI is InChI=1S/C7H7Cl2N/c1-4-3-6(8)10-5(2)7(4)9/h3H,1-2H3. The number of pyridine rings is 1. The topological polar surface area (TPSA) is 12.9 Å². The first kappa shape index (κ1) is 7.83. The van der Waals surface area contributed by atoms with Gasteiger partial charge in [-0.05, 0) is 25.5 Å². The summed E-state index contributed by atoms with van der Waals surface area (Å²) in [4.78, 5) is 3.97. The minimum absolute atomic E-state index is 0.499. The molecule has 0 saturated heterocycles. The third-order valence-electron chi connectivity index (χ3n) is 1.27. The Morgan fingerprint density at radius 1 is 1.30 bits per heavy atom. The van der Waals surface area contributed by atoms with Crippen molar-refractivity contribution in [1.29, 1.82) is 0 Å². The second kappa shape index (κ2) is 2.77. The van der Waals surface area contributed by atoms with Crippen LogP contribution in [0.15, 0.2) is 6.07 Å². The molecule has 54 valence electrons. The Balaban J connectivity index is 3.31. The minimum atomic E-state index is 0.499. The maximum absolute atomic E-state index is 5.83. The highest BCUT2D eigenvalue weighted by Gasteiger charge is 2.01. The molecular formula is C7H7Cl2N. The molecular weight excluding hydrogens is 169 g/mol. The second-order valence-corrected chi connectivity index (χ2v) is 2.93. The van der Waals surface area contributed by atoms with Crippen LogP contribution in [0.1, 0.15) is 11.3 Å². The summed E-state index contributed by atoms with van der Waals surface area (Å²) in [6, 6.07) is 1.75. The molecule has 1 nitrogen and oxygen atoms in total. The van der Waals surface area contributed by atoms with Gasteiger partial charge in [0.1, 0.15) is 5.15 Å². The summed E-state index contributed by atoms with van der Waals surface area (Å²) >= 11 is 11.5. The summed E-state index contributed by atoms with van der Waals surface area (Å²) in [6.07, 6.45) is 0. The largest absolute Gasteiger partial charge is 0.240 e. The Morgan fingerprint density at radius 3 is 2.40 bits per heavy atom. The Morgan fingerprint density at radius 2 is 1.90 bits per heavy atom. The molecule has 10 heavy (non-hydrogen) atoms. The number of hydrogen-bond acceptors (Lipinski definition) is 1. The molecule has 0 N–H and O–H groups in total. The lowest BCUT2D eigenvalue weighted by molar-refractivity contribution is 1.18. The van der Waals surface area contributed by atoms with Crippen molar-refractivity contribution >= 4 is 23.2 Å². The highest BCUT2D eigenvalue weighted by Crippen LogP contribution is 2.20. The predicted molar refractivity (Wildman–Crippen MR) is 43.7 cm³/mol. The zero-order valence-corrected chi connectivity index (χ0v) is 7.29. The molecule has 1 aromatic heterocycles. The fourth-order valence-electron chi connectivity index (χ4n) is 0.769. The van der Waals surface area contributed by atoms with Gasteiger partial charge in [0.15, 0.2) is 0 Å². The highest BCUT2D eigenvalue weighted by atomic mass is 35.5. The van der Waals surface area contributed by atoms with E-state index < -0.39 is 0 Å². The van der Waals surface area contributed by atoms with Crippen LogP contribution in [-0.2, 0) is 0 Å². The van der Waals surface area contributed by atoms with E-state index in [-0.39, 0.29) is 0 Å². The average Bonchev–Trinajstić information content (AvgIpc) is 1.82. The lowest BCUT2D eigenvalue weighted by Crippen LogP contribution is -1.86. The number of rotatable bonds is 0. The van der Waals surface area contributed by atoms with Crippen molar-refractivity contribution in [2.45, 2.75) is 13.8 Å². The summed E-state index contributed by atoms with van der Waals surface area (Å²) in [5.41, 5.74) is 1.76. The van der Waals surface area contributed by atoms with E-state index in [2.05, 4.69) is 4.98 Å². The first-order valence-electron chi connectivity index (χ1n) is 2.90. The van der Waals surface area contributed by atoms with E-state index >= 15 is 0 Å². The van der Waals surface area contributed by atoms with Gasteiger partial charge in [0, 0.05) is 0 Å². The molecule has 0 aliphatic heterocycles. The van der Waals surface area contributed by atoms with Gasteiger partial charge in [-0.15, -0.1) is 0 Å². The van der Waals surface area contributed by atoms with E-state index in [0.717, 1.165) is 11.3 Å². The third kappa shape index (κ3) is 1.41. The second-order valence-electron chi connectivity index (χ2n) is 2.16. The lowest BCUT2D eigenvalue weighted by atomic mass is 10.2. The summed E-state index contributed by atoms with van der Waals surface area (Å²) in [5.74, 6) is 0. The molecule has 0 aliphatic carbocycles. The van der Waals surface area contributed by atoms with Gasteiger partial charge in [0.05, 0.1) is 10.7 Å². The normalized spacial score (nSPS) is 10.0. The fraction of sp³-hybridized carbons (Fsp3) is 0.286. The quantitative estimate of drug-likeness (QED) is 0.553. The smallest absolute Gasteiger partial charge is 0.129 e. The molecule has 0 amide bonds. The monoisotopic (exact) mass is 175 g/mol. The number of hydrogen-bond donors (Lipinski definition) is 0. The molecule has 0 aliphatic rings. The van der Waals surface area contributed by atoms with Crippen molar-refractivity contribution in [3.8, 4) is 0 Å². The molecule has 0 bridgehead atoms. The van der Waals surface area contributed by atoms with Gasteiger partial charge >= 0.3 is 0 Å². The van der Waals surface area contributed by atoms with E-state index in [1.165, 1.54) is 0 Å². The Bertz CT molecular complexity index is 235. The van der Waals surface area contributed by atoms with Crippen LogP contribution >= 0.6 is 23.2 Å². The highest BCUT2D eigenvalue weighted by molar-refractivity contribution is 6.33. The van der Waals surface area contributed by atoms with Gasteiger partial charge in [-0.2, -0.15) is 0 Å². The zero-order valence-electron chi connectivity index (χ0n) is 5.78. The Labute approximate surface area is 70.0 Å². The maximum atomic E-state index is 5.83. The van der Waals surface area contributed by atoms with Crippen molar-refractivity contribution in [2.24, 2.45) is 0 Å². The van der Waals surface area contributed by atoms with Crippen molar-refractivity contribution in [1.82, 2.24) is 4.98 Å². The van der Waals surface area contributed by atoms with Crippen LogP contribution in [-0.4, -0.2) is 4.98 Å². The van der Waals surface area contributed by atoms with Gasteiger partial charge in [-0.3, -0.25) is 0 Å². The number of aryl methyl sites for hydroxylation is 2. The van der Waals surface area contributed by atoms with E-state index in [1.807, 2.05) is 13.8 Å². The van der Waals surface area contributed by atoms with Gasteiger partial charge in [0.25, 0.3) is 0 Å². The number of nitrogens with zero attached hydrogens (tertiary/aromatic N) is 1. The van der Waals surface area contributed by atoms with Gasteiger partial charge in [0.2, 0.25) is 0 Å². The van der Waals surface area contributed by atoms with Crippen LogP contribution in [0.2, 0.25) is 10.2 Å². The third-order valence-corrected chi connectivity index (χ3v) is 2.04. The van der Waals surface area contributed by atoms with Crippen molar-refractivity contribution in [2.75, 3.05) is 0 Å².